The zero-order valence-corrected chi connectivity index (χ0v) is 16.8. The van der Waals surface area contributed by atoms with Crippen molar-refractivity contribution >= 4 is 40.0 Å². The monoisotopic (exact) mass is 407 g/mol. The Morgan fingerprint density at radius 3 is 2.97 bits per heavy atom. The first kappa shape index (κ1) is 18.3. The van der Waals surface area contributed by atoms with Crippen molar-refractivity contribution < 1.29 is 9.59 Å². The van der Waals surface area contributed by atoms with Gasteiger partial charge in [0.25, 0.3) is 0 Å². The largest absolute Gasteiger partial charge is 0.361 e. The van der Waals surface area contributed by atoms with Gasteiger partial charge in [-0.15, -0.1) is 0 Å². The Morgan fingerprint density at radius 1 is 1.21 bits per heavy atom. The first-order valence-electron chi connectivity index (χ1n) is 10.0. The number of hydrogen-bond donors (Lipinski definition) is 1. The van der Waals surface area contributed by atoms with Gasteiger partial charge in [0.1, 0.15) is 0 Å². The summed E-state index contributed by atoms with van der Waals surface area (Å²) in [7, 11) is 0. The van der Waals surface area contributed by atoms with Crippen LogP contribution < -0.4 is 4.90 Å². The Balaban J connectivity index is 1.26. The third-order valence-corrected chi connectivity index (χ3v) is 6.33. The molecular formula is C23H22ClN3O2. The van der Waals surface area contributed by atoms with Crippen LogP contribution in [0.3, 0.4) is 0 Å². The summed E-state index contributed by atoms with van der Waals surface area (Å²) in [6.07, 6.45) is 3.90. The molecule has 2 aliphatic rings. The van der Waals surface area contributed by atoms with E-state index in [0.29, 0.717) is 31.1 Å². The number of anilines is 1. The standard InChI is InChI=1S/C23H22ClN3O2/c24-18-5-6-20-19(12-18)16(13-25-20)7-9-26-14-17(11-22(26)28)23(29)27-10-8-15-3-1-2-4-21(15)27/h1-6,12-13,17,25H,7-11,14H2. The molecule has 3 aromatic rings. The lowest BCUT2D eigenvalue weighted by Crippen LogP contribution is -2.36. The Bertz CT molecular complexity index is 1110. The van der Waals surface area contributed by atoms with Gasteiger partial charge in [-0.3, -0.25) is 9.59 Å². The number of para-hydroxylation sites is 1. The van der Waals surface area contributed by atoms with E-state index in [2.05, 4.69) is 11.1 Å². The summed E-state index contributed by atoms with van der Waals surface area (Å²) in [4.78, 5) is 32.6. The number of nitrogens with zero attached hydrogens (tertiary/aromatic N) is 2. The van der Waals surface area contributed by atoms with Gasteiger partial charge in [0.05, 0.1) is 5.92 Å². The van der Waals surface area contributed by atoms with E-state index in [1.165, 1.54) is 5.56 Å². The van der Waals surface area contributed by atoms with Crippen molar-refractivity contribution in [3.8, 4) is 0 Å². The van der Waals surface area contributed by atoms with Gasteiger partial charge < -0.3 is 14.8 Å². The molecule has 6 heteroatoms. The SMILES string of the molecule is O=C1CC(C(=O)N2CCc3ccccc32)CN1CCc1c[nH]c2ccc(Cl)cc12. The summed E-state index contributed by atoms with van der Waals surface area (Å²) in [5.41, 5.74) is 4.38. The summed E-state index contributed by atoms with van der Waals surface area (Å²) in [5.74, 6) is -0.121. The number of nitrogens with one attached hydrogen (secondary N) is 1. The molecule has 2 amide bonds. The van der Waals surface area contributed by atoms with Crippen LogP contribution in [-0.2, 0) is 22.4 Å². The lowest BCUT2D eigenvalue weighted by molar-refractivity contribution is -0.128. The van der Waals surface area contributed by atoms with Crippen molar-refractivity contribution in [3.63, 3.8) is 0 Å². The van der Waals surface area contributed by atoms with Gasteiger partial charge in [0.15, 0.2) is 0 Å². The maximum absolute atomic E-state index is 13.1. The average molecular weight is 408 g/mol. The van der Waals surface area contributed by atoms with Crippen molar-refractivity contribution in [2.75, 3.05) is 24.5 Å². The molecule has 2 aromatic carbocycles. The molecule has 5 rings (SSSR count). The maximum atomic E-state index is 13.1. The van der Waals surface area contributed by atoms with Gasteiger partial charge in [0, 0.05) is 53.9 Å². The third-order valence-electron chi connectivity index (χ3n) is 6.10. The summed E-state index contributed by atoms with van der Waals surface area (Å²) in [6, 6.07) is 13.8. The lowest BCUT2D eigenvalue weighted by Gasteiger charge is -2.21. The predicted molar refractivity (Wildman–Crippen MR) is 114 cm³/mol. The molecule has 0 saturated carbocycles. The molecule has 3 heterocycles. The van der Waals surface area contributed by atoms with E-state index in [4.69, 9.17) is 11.6 Å². The molecule has 0 aliphatic carbocycles. The number of rotatable bonds is 4. The summed E-state index contributed by atoms with van der Waals surface area (Å²) in [5, 5.41) is 1.79. The Labute approximate surface area is 174 Å². The average Bonchev–Trinajstić information content (AvgIpc) is 3.42. The molecule has 1 aromatic heterocycles. The van der Waals surface area contributed by atoms with Crippen molar-refractivity contribution in [3.05, 3.63) is 64.8 Å². The number of aromatic amines is 1. The van der Waals surface area contributed by atoms with E-state index < -0.39 is 0 Å². The highest BCUT2D eigenvalue weighted by molar-refractivity contribution is 6.31. The van der Waals surface area contributed by atoms with Crippen LogP contribution in [-0.4, -0.2) is 41.3 Å². The number of hydrogen-bond acceptors (Lipinski definition) is 2. The fourth-order valence-corrected chi connectivity index (χ4v) is 4.73. The number of carbonyl (C=O) groups excluding carboxylic acids is 2. The lowest BCUT2D eigenvalue weighted by atomic mass is 10.1. The number of benzene rings is 2. The van der Waals surface area contributed by atoms with E-state index in [0.717, 1.165) is 35.0 Å². The second kappa shape index (κ2) is 7.23. The zero-order chi connectivity index (χ0) is 20.0. The summed E-state index contributed by atoms with van der Waals surface area (Å²) >= 11 is 6.13. The maximum Gasteiger partial charge on any atom is 0.232 e. The van der Waals surface area contributed by atoms with Gasteiger partial charge in [-0.1, -0.05) is 29.8 Å². The number of aromatic nitrogens is 1. The predicted octanol–water partition coefficient (Wildman–Crippen LogP) is 3.80. The van der Waals surface area contributed by atoms with Crippen molar-refractivity contribution in [1.82, 2.24) is 9.88 Å². The molecule has 1 atom stereocenters. The Hall–Kier alpha value is -2.79. The fourth-order valence-electron chi connectivity index (χ4n) is 4.55. The number of carbonyl (C=O) groups is 2. The van der Waals surface area contributed by atoms with Crippen molar-refractivity contribution in [2.45, 2.75) is 19.3 Å². The molecule has 1 fully saturated rings. The number of amides is 2. The number of fused-ring (bicyclic) bond motifs is 2. The smallest absolute Gasteiger partial charge is 0.232 e. The van der Waals surface area contributed by atoms with Gasteiger partial charge in [0.2, 0.25) is 11.8 Å². The van der Waals surface area contributed by atoms with E-state index >= 15 is 0 Å². The van der Waals surface area contributed by atoms with Gasteiger partial charge >= 0.3 is 0 Å². The van der Waals surface area contributed by atoms with Crippen LogP contribution in [0.1, 0.15) is 17.5 Å². The van der Waals surface area contributed by atoms with Crippen LogP contribution in [0.25, 0.3) is 10.9 Å². The van der Waals surface area contributed by atoms with E-state index in [-0.39, 0.29) is 17.7 Å². The molecular weight excluding hydrogens is 386 g/mol. The van der Waals surface area contributed by atoms with Gasteiger partial charge in [-0.05, 0) is 48.2 Å². The minimum absolute atomic E-state index is 0.0636. The highest BCUT2D eigenvalue weighted by Crippen LogP contribution is 2.31. The van der Waals surface area contributed by atoms with Crippen LogP contribution in [0.5, 0.6) is 0 Å². The molecule has 2 aliphatic heterocycles. The highest BCUT2D eigenvalue weighted by atomic mass is 35.5. The first-order chi connectivity index (χ1) is 14.1. The van der Waals surface area contributed by atoms with E-state index in [1.807, 2.05) is 52.4 Å². The zero-order valence-electron chi connectivity index (χ0n) is 16.0. The molecule has 0 bridgehead atoms. The topological polar surface area (TPSA) is 56.4 Å². The van der Waals surface area contributed by atoms with Gasteiger partial charge in [-0.2, -0.15) is 0 Å². The van der Waals surface area contributed by atoms with Crippen molar-refractivity contribution in [2.24, 2.45) is 5.92 Å². The van der Waals surface area contributed by atoms with Crippen LogP contribution in [0.4, 0.5) is 5.69 Å². The quantitative estimate of drug-likeness (QED) is 0.715. The second-order valence-corrected chi connectivity index (χ2v) is 8.30. The Morgan fingerprint density at radius 2 is 2.07 bits per heavy atom. The fraction of sp³-hybridized carbons (Fsp3) is 0.304. The Kier molecular flexibility index (Phi) is 4.55. The van der Waals surface area contributed by atoms with Gasteiger partial charge in [-0.25, -0.2) is 0 Å². The van der Waals surface area contributed by atoms with Crippen LogP contribution in [0, 0.1) is 5.92 Å². The minimum Gasteiger partial charge on any atom is -0.361 e. The molecule has 0 radical (unpaired) electrons. The summed E-state index contributed by atoms with van der Waals surface area (Å²) < 4.78 is 0. The number of likely N-dealkylation sites (tertiary alicyclic amines) is 1. The van der Waals surface area contributed by atoms with E-state index in [1.54, 1.807) is 0 Å². The summed E-state index contributed by atoms with van der Waals surface area (Å²) in [6.45, 7) is 1.82. The van der Waals surface area contributed by atoms with Crippen LogP contribution in [0.2, 0.25) is 5.02 Å². The highest BCUT2D eigenvalue weighted by Gasteiger charge is 2.38. The molecule has 1 N–H and O–H groups in total. The molecule has 1 saturated heterocycles. The van der Waals surface area contributed by atoms with E-state index in [9.17, 15) is 9.59 Å². The molecule has 0 spiro atoms. The minimum atomic E-state index is -0.258. The normalized spacial score (nSPS) is 18.7. The third kappa shape index (κ3) is 3.29. The molecule has 1 unspecified atom stereocenters. The molecule has 148 valence electrons. The van der Waals surface area contributed by atoms with Crippen LogP contribution >= 0.6 is 11.6 Å². The molecule has 29 heavy (non-hydrogen) atoms. The first-order valence-corrected chi connectivity index (χ1v) is 10.4. The molecule has 5 nitrogen and oxygen atoms in total. The van der Waals surface area contributed by atoms with Crippen molar-refractivity contribution in [1.29, 1.82) is 0 Å². The second-order valence-electron chi connectivity index (χ2n) is 7.86. The van der Waals surface area contributed by atoms with Crippen LogP contribution in [0.15, 0.2) is 48.7 Å². The number of halogens is 1. The number of H-pyrrole nitrogens is 1.